The van der Waals surface area contributed by atoms with Crippen LogP contribution in [0, 0.1) is 20.8 Å². The quantitative estimate of drug-likeness (QED) is 0.703. The van der Waals surface area contributed by atoms with Gasteiger partial charge in [-0.05, 0) is 6.42 Å². The van der Waals surface area contributed by atoms with Gasteiger partial charge in [0, 0.05) is 21.1 Å². The molecule has 1 atom stereocenters. The van der Waals surface area contributed by atoms with E-state index in [2.05, 4.69) is 0 Å². The molecule has 0 fully saturated rings. The Morgan fingerprint density at radius 1 is 1.50 bits per heavy atom. The van der Waals surface area contributed by atoms with Crippen molar-refractivity contribution in [2.75, 3.05) is 0 Å². The molecule has 0 saturated carbocycles. The Hall–Kier alpha value is -0.162. The standard InChI is InChI=1S/C8H9O.2CH3.Pt/c1-7(6-9)8-4-2-3-5-8;;;/h2-4,7H,5H2,1H3;2*1H3;/q3*-1;. The number of hydrogen-bond acceptors (Lipinski definition) is 1. The van der Waals surface area contributed by atoms with E-state index in [9.17, 15) is 4.79 Å². The van der Waals surface area contributed by atoms with E-state index >= 15 is 0 Å². The predicted octanol–water partition coefficient (Wildman–Crippen LogP) is 2.52. The van der Waals surface area contributed by atoms with Gasteiger partial charge in [-0.15, -0.1) is 5.92 Å². The monoisotopic (exact) mass is 346 g/mol. The van der Waals surface area contributed by atoms with Gasteiger partial charge in [-0.25, -0.2) is 0 Å². The molecule has 0 heterocycles. The summed E-state index contributed by atoms with van der Waals surface area (Å²) in [5, 5.41) is 0. The summed E-state index contributed by atoms with van der Waals surface area (Å²) < 4.78 is 0. The smallest absolute Gasteiger partial charge is 0 e. The van der Waals surface area contributed by atoms with Gasteiger partial charge in [0.05, 0.1) is 0 Å². The van der Waals surface area contributed by atoms with Gasteiger partial charge in [0.2, 0.25) is 0 Å². The van der Waals surface area contributed by atoms with E-state index in [0.717, 1.165) is 6.42 Å². The maximum Gasteiger partial charge on any atom is 0 e. The fourth-order valence-electron chi connectivity index (χ4n) is 0.861. The molecule has 1 aliphatic rings. The minimum Gasteiger partial charge on any atom is -0.541 e. The van der Waals surface area contributed by atoms with Gasteiger partial charge >= 0.3 is 0 Å². The van der Waals surface area contributed by atoms with E-state index in [4.69, 9.17) is 0 Å². The summed E-state index contributed by atoms with van der Waals surface area (Å²) in [5.74, 6) is -0.0139. The Bertz CT molecular complexity index is 171. The molecule has 1 rings (SSSR count). The molecule has 12 heavy (non-hydrogen) atoms. The zero-order valence-electron chi connectivity index (χ0n) is 7.74. The molecule has 0 N–H and O–H groups in total. The van der Waals surface area contributed by atoms with Gasteiger partial charge in [-0.1, -0.05) is 30.7 Å². The fraction of sp³-hybridized carbons (Fsp3) is 0.300. The maximum absolute atomic E-state index is 10.1. The molecule has 1 aliphatic carbocycles. The van der Waals surface area contributed by atoms with E-state index in [0.29, 0.717) is 0 Å². The Kier molecular flexibility index (Phi) is 13.2. The minimum absolute atomic E-state index is 0. The van der Waals surface area contributed by atoms with E-state index in [1.54, 1.807) is 0 Å². The molecule has 0 aromatic carbocycles. The van der Waals surface area contributed by atoms with Gasteiger partial charge < -0.3 is 19.6 Å². The van der Waals surface area contributed by atoms with Crippen molar-refractivity contribution in [3.8, 4) is 0 Å². The first-order valence-electron chi connectivity index (χ1n) is 3.08. The van der Waals surface area contributed by atoms with Crippen LogP contribution in [0.4, 0.5) is 0 Å². The zero-order valence-corrected chi connectivity index (χ0v) is 10.0. The molecule has 0 amide bonds. The summed E-state index contributed by atoms with van der Waals surface area (Å²) in [7, 11) is 0. The molecule has 0 saturated heterocycles. The third kappa shape index (κ3) is 4.66. The van der Waals surface area contributed by atoms with Gasteiger partial charge in [0.15, 0.2) is 0 Å². The van der Waals surface area contributed by atoms with Crippen LogP contribution in [-0.2, 0) is 25.9 Å². The Morgan fingerprint density at radius 3 is 2.42 bits per heavy atom. The Balaban J connectivity index is -0.000000270. The van der Waals surface area contributed by atoms with Crippen molar-refractivity contribution >= 4 is 6.29 Å². The molecule has 0 aliphatic heterocycles. The fourth-order valence-corrected chi connectivity index (χ4v) is 0.861. The molecule has 74 valence electrons. The first-order valence-corrected chi connectivity index (χ1v) is 3.08. The number of rotatable bonds is 2. The number of allylic oxidation sites excluding steroid dienone is 4. The van der Waals surface area contributed by atoms with Crippen LogP contribution < -0.4 is 0 Å². The maximum atomic E-state index is 10.1. The second-order valence-corrected chi connectivity index (χ2v) is 2.21. The van der Waals surface area contributed by atoms with Gasteiger partial charge in [0.1, 0.15) is 0 Å². The molecule has 2 heteroatoms. The predicted molar refractivity (Wildman–Crippen MR) is 49.5 cm³/mol. The van der Waals surface area contributed by atoms with Crippen LogP contribution in [0.25, 0.3) is 0 Å². The van der Waals surface area contributed by atoms with Crippen LogP contribution in [0.2, 0.25) is 0 Å². The van der Waals surface area contributed by atoms with Crippen LogP contribution >= 0.6 is 0 Å². The summed E-state index contributed by atoms with van der Waals surface area (Å²) in [4.78, 5) is 10.1. The third-order valence-corrected chi connectivity index (χ3v) is 1.53. The second kappa shape index (κ2) is 8.93. The summed E-state index contributed by atoms with van der Waals surface area (Å²) in [6.07, 6.45) is 8.88. The molecule has 0 radical (unpaired) electrons. The molecule has 0 spiro atoms. The molecule has 1 unspecified atom stereocenters. The van der Waals surface area contributed by atoms with E-state index in [1.807, 2.05) is 31.4 Å². The summed E-state index contributed by atoms with van der Waals surface area (Å²) in [5.41, 5.74) is 1.17. The largest absolute Gasteiger partial charge is 0.541 e. The first-order chi connectivity index (χ1) is 4.34. The normalized spacial score (nSPS) is 14.6. The van der Waals surface area contributed by atoms with Gasteiger partial charge in [-0.2, -0.15) is 0 Å². The zero-order chi connectivity index (χ0) is 6.69. The number of hydrogen-bond donors (Lipinski definition) is 0. The average Bonchev–Trinajstić information content (AvgIpc) is 2.37. The van der Waals surface area contributed by atoms with Crippen molar-refractivity contribution in [2.24, 2.45) is 5.92 Å². The molecule has 0 aromatic rings. The molecular weight excluding hydrogens is 331 g/mol. The van der Waals surface area contributed by atoms with Crippen LogP contribution in [0.15, 0.2) is 23.8 Å². The van der Waals surface area contributed by atoms with Gasteiger partial charge in [0.25, 0.3) is 0 Å². The summed E-state index contributed by atoms with van der Waals surface area (Å²) >= 11 is 0. The van der Waals surface area contributed by atoms with Crippen molar-refractivity contribution in [2.45, 2.75) is 13.3 Å². The van der Waals surface area contributed by atoms with Crippen LogP contribution in [-0.4, -0.2) is 6.29 Å². The minimum atomic E-state index is -0.0139. The summed E-state index contributed by atoms with van der Waals surface area (Å²) in [6.45, 7) is 1.87. The SMILES string of the molecule is CC([C-]=O)C1=CC=CC1.[CH3-].[CH3-].[Pt]. The van der Waals surface area contributed by atoms with E-state index in [-0.39, 0.29) is 41.8 Å². The van der Waals surface area contributed by atoms with Crippen molar-refractivity contribution in [3.63, 3.8) is 0 Å². The number of carbonyl (C=O) groups excluding carboxylic acids is 1. The van der Waals surface area contributed by atoms with Crippen LogP contribution in [0.1, 0.15) is 13.3 Å². The topological polar surface area (TPSA) is 17.1 Å². The summed E-state index contributed by atoms with van der Waals surface area (Å²) in [6, 6.07) is 0. The average molecular weight is 346 g/mol. The Morgan fingerprint density at radius 2 is 2.08 bits per heavy atom. The van der Waals surface area contributed by atoms with Crippen molar-refractivity contribution < 1.29 is 25.9 Å². The van der Waals surface area contributed by atoms with Crippen molar-refractivity contribution in [3.05, 3.63) is 38.7 Å². The first kappa shape index (κ1) is 17.8. The third-order valence-electron chi connectivity index (χ3n) is 1.53. The molecular formula is C10H15OPt-3. The molecule has 0 bridgehead atoms. The van der Waals surface area contributed by atoms with Crippen molar-refractivity contribution in [1.82, 2.24) is 0 Å². The van der Waals surface area contributed by atoms with E-state index < -0.39 is 0 Å². The Labute approximate surface area is 90.2 Å². The molecule has 1 nitrogen and oxygen atoms in total. The van der Waals surface area contributed by atoms with E-state index in [1.165, 1.54) is 5.57 Å². The molecule has 0 aromatic heterocycles. The van der Waals surface area contributed by atoms with Gasteiger partial charge in [-0.3, -0.25) is 6.29 Å². The van der Waals surface area contributed by atoms with Crippen molar-refractivity contribution in [1.29, 1.82) is 0 Å². The van der Waals surface area contributed by atoms with Crippen LogP contribution in [0.5, 0.6) is 0 Å². The van der Waals surface area contributed by atoms with Crippen LogP contribution in [0.3, 0.4) is 0 Å². The second-order valence-electron chi connectivity index (χ2n) is 2.21.